The molecule has 1 N–H and O–H groups in total. The highest BCUT2D eigenvalue weighted by Gasteiger charge is 2.38. The monoisotopic (exact) mass is 478 g/mol. The molecule has 2 heterocycles. The number of hydrogen-bond donors (Lipinski definition) is 1. The SMILES string of the molecule is O=C1CCCC2=C1C(c1cccc(Cl)c1Cl)n1nc(-c3ccc(Cl)c(Cl)c3)nc1N2. The third-order valence-electron chi connectivity index (χ3n) is 5.32. The van der Waals surface area contributed by atoms with Gasteiger partial charge in [-0.05, 0) is 37.1 Å². The van der Waals surface area contributed by atoms with Crippen LogP contribution in [0.15, 0.2) is 47.7 Å². The van der Waals surface area contributed by atoms with Gasteiger partial charge in [-0.3, -0.25) is 4.79 Å². The molecular weight excluding hydrogens is 466 g/mol. The second kappa shape index (κ2) is 7.57. The van der Waals surface area contributed by atoms with Crippen LogP contribution in [0, 0.1) is 0 Å². The number of aromatic nitrogens is 3. The number of allylic oxidation sites excluding steroid dienone is 2. The molecule has 9 heteroatoms. The molecule has 0 spiro atoms. The number of nitrogens with one attached hydrogen (secondary N) is 1. The smallest absolute Gasteiger partial charge is 0.226 e. The summed E-state index contributed by atoms with van der Waals surface area (Å²) in [5.74, 6) is 1.07. The Labute approximate surface area is 192 Å². The summed E-state index contributed by atoms with van der Waals surface area (Å²) >= 11 is 25.1. The average Bonchev–Trinajstić information content (AvgIpc) is 3.15. The number of Topliss-reactive ketones (excluding diaryl/α,β-unsaturated/α-hetero) is 1. The number of hydrogen-bond acceptors (Lipinski definition) is 4. The van der Waals surface area contributed by atoms with E-state index in [9.17, 15) is 4.79 Å². The first-order valence-corrected chi connectivity index (χ1v) is 10.8. The summed E-state index contributed by atoms with van der Waals surface area (Å²) in [5, 5.41) is 9.68. The lowest BCUT2D eigenvalue weighted by atomic mass is 9.85. The van der Waals surface area contributed by atoms with Crippen LogP contribution in [0.1, 0.15) is 30.9 Å². The first-order chi connectivity index (χ1) is 14.4. The minimum absolute atomic E-state index is 0.0713. The topological polar surface area (TPSA) is 59.8 Å². The van der Waals surface area contributed by atoms with Crippen molar-refractivity contribution in [2.45, 2.75) is 25.3 Å². The third-order valence-corrected chi connectivity index (χ3v) is 6.89. The molecular formula is C21H14Cl4N4O. The second-order valence-electron chi connectivity index (χ2n) is 7.17. The number of fused-ring (bicyclic) bond motifs is 1. The van der Waals surface area contributed by atoms with Crippen LogP contribution in [-0.2, 0) is 4.79 Å². The Balaban J connectivity index is 1.71. The van der Waals surface area contributed by atoms with E-state index >= 15 is 0 Å². The van der Waals surface area contributed by atoms with Gasteiger partial charge in [0, 0.05) is 28.8 Å². The fourth-order valence-corrected chi connectivity index (χ4v) is 4.64. The van der Waals surface area contributed by atoms with E-state index in [1.54, 1.807) is 28.9 Å². The predicted octanol–water partition coefficient (Wildman–Crippen LogP) is 6.58. The summed E-state index contributed by atoms with van der Waals surface area (Å²) in [6.45, 7) is 0. The molecule has 0 saturated carbocycles. The largest absolute Gasteiger partial charge is 0.328 e. The molecule has 0 bridgehead atoms. The maximum atomic E-state index is 12.9. The zero-order valence-electron chi connectivity index (χ0n) is 15.4. The molecule has 1 aliphatic heterocycles. The van der Waals surface area contributed by atoms with Crippen molar-refractivity contribution in [3.8, 4) is 11.4 Å². The summed E-state index contributed by atoms with van der Waals surface area (Å²) < 4.78 is 1.69. The molecule has 1 aliphatic carbocycles. The molecule has 0 saturated heterocycles. The molecule has 152 valence electrons. The first-order valence-electron chi connectivity index (χ1n) is 9.33. The minimum atomic E-state index is -0.515. The summed E-state index contributed by atoms with van der Waals surface area (Å²) in [6.07, 6.45) is 2.03. The zero-order chi connectivity index (χ0) is 21.0. The average molecular weight is 480 g/mol. The molecule has 2 aliphatic rings. The number of anilines is 1. The van der Waals surface area contributed by atoms with Gasteiger partial charge < -0.3 is 5.32 Å². The Morgan fingerprint density at radius 3 is 2.63 bits per heavy atom. The molecule has 5 rings (SSSR count). The van der Waals surface area contributed by atoms with Crippen molar-refractivity contribution in [2.75, 3.05) is 5.32 Å². The van der Waals surface area contributed by atoms with Crippen LogP contribution < -0.4 is 5.32 Å². The van der Waals surface area contributed by atoms with Gasteiger partial charge in [0.05, 0.1) is 20.1 Å². The predicted molar refractivity (Wildman–Crippen MR) is 120 cm³/mol. The second-order valence-corrected chi connectivity index (χ2v) is 8.77. The van der Waals surface area contributed by atoms with Gasteiger partial charge in [-0.2, -0.15) is 4.98 Å². The maximum absolute atomic E-state index is 12.9. The van der Waals surface area contributed by atoms with E-state index in [-0.39, 0.29) is 5.78 Å². The Hall–Kier alpha value is -2.05. The van der Waals surface area contributed by atoms with Gasteiger partial charge in [-0.15, -0.1) is 5.10 Å². The molecule has 1 unspecified atom stereocenters. The number of nitrogens with zero attached hydrogens (tertiary/aromatic N) is 3. The van der Waals surface area contributed by atoms with Crippen LogP contribution in [0.3, 0.4) is 0 Å². The Kier molecular flexibility index (Phi) is 5.02. The zero-order valence-corrected chi connectivity index (χ0v) is 18.4. The highest BCUT2D eigenvalue weighted by atomic mass is 35.5. The van der Waals surface area contributed by atoms with E-state index in [0.29, 0.717) is 55.0 Å². The molecule has 1 aromatic heterocycles. The lowest BCUT2D eigenvalue weighted by molar-refractivity contribution is -0.116. The number of halogens is 4. The first kappa shape index (κ1) is 19.9. The molecule has 5 nitrogen and oxygen atoms in total. The summed E-state index contributed by atoms with van der Waals surface area (Å²) in [6, 6.07) is 10.1. The van der Waals surface area contributed by atoms with Crippen LogP contribution in [0.2, 0.25) is 20.1 Å². The quantitative estimate of drug-likeness (QED) is 0.450. The van der Waals surface area contributed by atoms with Crippen LogP contribution >= 0.6 is 46.4 Å². The van der Waals surface area contributed by atoms with Crippen LogP contribution in [0.5, 0.6) is 0 Å². The Bertz CT molecular complexity index is 1230. The van der Waals surface area contributed by atoms with Crippen molar-refractivity contribution in [2.24, 2.45) is 0 Å². The van der Waals surface area contributed by atoms with E-state index in [1.165, 1.54) is 0 Å². The van der Waals surface area contributed by atoms with Gasteiger partial charge in [0.15, 0.2) is 11.6 Å². The lowest BCUT2D eigenvalue weighted by Crippen LogP contribution is -2.31. The number of carbonyl (C=O) groups excluding carboxylic acids is 1. The molecule has 0 radical (unpaired) electrons. The van der Waals surface area contributed by atoms with Gasteiger partial charge in [0.2, 0.25) is 5.95 Å². The van der Waals surface area contributed by atoms with Crippen molar-refractivity contribution >= 4 is 58.1 Å². The van der Waals surface area contributed by atoms with Crippen molar-refractivity contribution in [1.29, 1.82) is 0 Å². The summed E-state index contributed by atoms with van der Waals surface area (Å²) in [7, 11) is 0. The number of ketones is 1. The number of carbonyl (C=O) groups is 1. The molecule has 30 heavy (non-hydrogen) atoms. The lowest BCUT2D eigenvalue weighted by Gasteiger charge is -2.32. The summed E-state index contributed by atoms with van der Waals surface area (Å²) in [5.41, 5.74) is 2.94. The van der Waals surface area contributed by atoms with Gasteiger partial charge in [-0.25, -0.2) is 4.68 Å². The normalized spacial score (nSPS) is 18.1. The standard InChI is InChI=1S/C21H14Cl4N4O/c22-12-8-7-10(9-14(12)24)20-27-21-26-15-5-2-6-16(30)17(15)19(29(21)28-20)11-3-1-4-13(23)18(11)25/h1,3-4,7-9,19H,2,5-6H2,(H,26,27,28). The Morgan fingerprint density at radius 1 is 1.00 bits per heavy atom. The highest BCUT2D eigenvalue weighted by Crippen LogP contribution is 2.44. The minimum Gasteiger partial charge on any atom is -0.328 e. The van der Waals surface area contributed by atoms with E-state index in [4.69, 9.17) is 51.5 Å². The van der Waals surface area contributed by atoms with E-state index < -0.39 is 6.04 Å². The van der Waals surface area contributed by atoms with Crippen LogP contribution in [-0.4, -0.2) is 20.5 Å². The number of rotatable bonds is 2. The molecule has 0 amide bonds. The van der Waals surface area contributed by atoms with E-state index in [1.807, 2.05) is 12.1 Å². The van der Waals surface area contributed by atoms with Crippen LogP contribution in [0.25, 0.3) is 11.4 Å². The summed E-state index contributed by atoms with van der Waals surface area (Å²) in [4.78, 5) is 17.6. The fraction of sp³-hybridized carbons (Fsp3) is 0.190. The maximum Gasteiger partial charge on any atom is 0.226 e. The fourth-order valence-electron chi connectivity index (χ4n) is 3.93. The van der Waals surface area contributed by atoms with Gasteiger partial charge >= 0.3 is 0 Å². The van der Waals surface area contributed by atoms with Crippen LogP contribution in [0.4, 0.5) is 5.95 Å². The Morgan fingerprint density at radius 2 is 1.83 bits per heavy atom. The van der Waals surface area contributed by atoms with Crippen molar-refractivity contribution in [1.82, 2.24) is 14.8 Å². The molecule has 3 aromatic rings. The van der Waals surface area contributed by atoms with Gasteiger partial charge in [0.25, 0.3) is 0 Å². The molecule has 2 aromatic carbocycles. The molecule has 0 fully saturated rings. The number of benzene rings is 2. The van der Waals surface area contributed by atoms with Crippen molar-refractivity contribution in [3.63, 3.8) is 0 Å². The highest BCUT2D eigenvalue weighted by molar-refractivity contribution is 6.42. The molecule has 1 atom stereocenters. The van der Waals surface area contributed by atoms with Gasteiger partial charge in [-0.1, -0.05) is 58.5 Å². The third kappa shape index (κ3) is 3.21. The van der Waals surface area contributed by atoms with Crippen molar-refractivity contribution in [3.05, 3.63) is 73.3 Å². The van der Waals surface area contributed by atoms with E-state index in [2.05, 4.69) is 10.3 Å². The van der Waals surface area contributed by atoms with Crippen molar-refractivity contribution < 1.29 is 4.79 Å². The van der Waals surface area contributed by atoms with Gasteiger partial charge in [0.1, 0.15) is 6.04 Å². The van der Waals surface area contributed by atoms with E-state index in [0.717, 1.165) is 18.5 Å².